The van der Waals surface area contributed by atoms with Crippen molar-refractivity contribution in [3.63, 3.8) is 0 Å². The van der Waals surface area contributed by atoms with E-state index in [4.69, 9.17) is 5.26 Å². The van der Waals surface area contributed by atoms with Gasteiger partial charge in [-0.2, -0.15) is 17.0 Å². The Kier molecular flexibility index (Phi) is 3.22. The first kappa shape index (κ1) is 11.5. The third kappa shape index (κ3) is 2.40. The van der Waals surface area contributed by atoms with Crippen LogP contribution >= 0.6 is 11.8 Å². The van der Waals surface area contributed by atoms with Crippen molar-refractivity contribution in [2.75, 3.05) is 5.75 Å². The molecule has 2 rings (SSSR count). The quantitative estimate of drug-likeness (QED) is 0.870. The van der Waals surface area contributed by atoms with Gasteiger partial charge in [0.05, 0.1) is 11.6 Å². The van der Waals surface area contributed by atoms with Gasteiger partial charge in [-0.05, 0) is 31.5 Å². The molecule has 0 unspecified atom stereocenters. The number of hydrogen-bond acceptors (Lipinski definition) is 3. The first-order valence-electron chi connectivity index (χ1n) is 5.48. The summed E-state index contributed by atoms with van der Waals surface area (Å²) < 4.78 is 0.354. The van der Waals surface area contributed by atoms with Crippen LogP contribution in [0.2, 0.25) is 0 Å². The minimum Gasteiger partial charge on any atom is -0.308 e. The average molecular weight is 232 g/mol. The summed E-state index contributed by atoms with van der Waals surface area (Å²) in [7, 11) is 0. The van der Waals surface area contributed by atoms with Crippen LogP contribution in [-0.4, -0.2) is 16.5 Å². The van der Waals surface area contributed by atoms with E-state index in [1.807, 2.05) is 30.0 Å². The highest BCUT2D eigenvalue weighted by atomic mass is 32.2. The van der Waals surface area contributed by atoms with Gasteiger partial charge in [0.1, 0.15) is 0 Å². The predicted molar refractivity (Wildman–Crippen MR) is 68.3 cm³/mol. The van der Waals surface area contributed by atoms with Gasteiger partial charge in [0, 0.05) is 23.1 Å². The van der Waals surface area contributed by atoms with E-state index in [1.54, 1.807) is 0 Å². The number of nitriles is 1. The average Bonchev–Trinajstić information content (AvgIpc) is 2.28. The van der Waals surface area contributed by atoms with E-state index in [-0.39, 0.29) is 0 Å². The molecule has 1 aromatic rings. The number of nitrogens with zero attached hydrogens (tertiary/aromatic N) is 1. The summed E-state index contributed by atoms with van der Waals surface area (Å²) in [5.74, 6) is 1.19. The molecule has 3 heteroatoms. The number of rotatable bonds is 3. The number of nitrogens with one attached hydrogen (secondary N) is 1. The molecule has 1 saturated heterocycles. The fourth-order valence-electron chi connectivity index (χ4n) is 1.80. The normalized spacial score (nSPS) is 22.2. The molecule has 1 N–H and O–H groups in total. The lowest BCUT2D eigenvalue weighted by molar-refractivity contribution is 0.436. The van der Waals surface area contributed by atoms with E-state index < -0.39 is 0 Å². The maximum atomic E-state index is 8.81. The molecule has 0 aromatic heterocycles. The second-order valence-electron chi connectivity index (χ2n) is 4.66. The van der Waals surface area contributed by atoms with Crippen LogP contribution < -0.4 is 5.32 Å². The molecular formula is C13H16N2S. The summed E-state index contributed by atoms with van der Waals surface area (Å²) in [5.41, 5.74) is 1.92. The summed E-state index contributed by atoms with van der Waals surface area (Å²) >= 11 is 2.00. The van der Waals surface area contributed by atoms with Gasteiger partial charge in [-0.1, -0.05) is 12.1 Å². The molecular weight excluding hydrogens is 216 g/mol. The van der Waals surface area contributed by atoms with Crippen molar-refractivity contribution in [2.24, 2.45) is 0 Å². The zero-order valence-electron chi connectivity index (χ0n) is 9.66. The van der Waals surface area contributed by atoms with Crippen molar-refractivity contribution < 1.29 is 0 Å². The molecule has 0 bridgehead atoms. The maximum Gasteiger partial charge on any atom is 0.0991 e. The van der Waals surface area contributed by atoms with Crippen LogP contribution in [0.4, 0.5) is 0 Å². The first-order chi connectivity index (χ1) is 7.62. The Morgan fingerprint density at radius 2 is 2.38 bits per heavy atom. The van der Waals surface area contributed by atoms with Crippen molar-refractivity contribution in [1.82, 2.24) is 5.32 Å². The van der Waals surface area contributed by atoms with Crippen LogP contribution in [0.25, 0.3) is 0 Å². The summed E-state index contributed by atoms with van der Waals surface area (Å²) in [6.07, 6.45) is 0. The van der Waals surface area contributed by atoms with E-state index in [9.17, 15) is 0 Å². The Morgan fingerprint density at radius 3 is 2.94 bits per heavy atom. The second kappa shape index (κ2) is 4.48. The lowest BCUT2D eigenvalue weighted by atomic mass is 10.0. The van der Waals surface area contributed by atoms with Gasteiger partial charge in [0.2, 0.25) is 0 Å². The van der Waals surface area contributed by atoms with Gasteiger partial charge in [-0.3, -0.25) is 0 Å². The highest BCUT2D eigenvalue weighted by Gasteiger charge is 2.38. The number of hydrogen-bond donors (Lipinski definition) is 1. The van der Waals surface area contributed by atoms with E-state index in [0.29, 0.717) is 10.8 Å². The molecule has 16 heavy (non-hydrogen) atoms. The van der Waals surface area contributed by atoms with Crippen LogP contribution in [0.3, 0.4) is 0 Å². The van der Waals surface area contributed by atoms with E-state index >= 15 is 0 Å². The molecule has 1 aliphatic rings. The molecule has 0 spiro atoms. The largest absolute Gasteiger partial charge is 0.308 e. The van der Waals surface area contributed by atoms with Gasteiger partial charge in [0.25, 0.3) is 0 Å². The molecule has 0 saturated carbocycles. The summed E-state index contributed by atoms with van der Waals surface area (Å²) in [6, 6.07) is 10.5. The van der Waals surface area contributed by atoms with Crippen molar-refractivity contribution in [1.29, 1.82) is 5.26 Å². The molecule has 2 nitrogen and oxygen atoms in total. The summed E-state index contributed by atoms with van der Waals surface area (Å²) in [6.45, 7) is 5.39. The fraction of sp³-hybridized carbons (Fsp3) is 0.462. The topological polar surface area (TPSA) is 35.8 Å². The Balaban J connectivity index is 1.93. The molecule has 1 atom stereocenters. The molecule has 84 valence electrons. The fourth-order valence-corrected chi connectivity index (χ4v) is 3.00. The Morgan fingerprint density at radius 1 is 1.56 bits per heavy atom. The summed E-state index contributed by atoms with van der Waals surface area (Å²) in [5, 5.41) is 12.4. The molecule has 1 aromatic carbocycles. The zero-order valence-corrected chi connectivity index (χ0v) is 10.5. The third-order valence-corrected chi connectivity index (χ3v) is 4.60. The lowest BCUT2D eigenvalue weighted by Crippen LogP contribution is -2.54. The Labute approximate surface area is 101 Å². The minimum absolute atomic E-state index is 0.354. The Bertz CT molecular complexity index is 420. The molecule has 0 radical (unpaired) electrons. The van der Waals surface area contributed by atoms with Gasteiger partial charge < -0.3 is 5.32 Å². The van der Waals surface area contributed by atoms with Crippen molar-refractivity contribution in [3.05, 3.63) is 35.4 Å². The molecule has 1 heterocycles. The number of benzene rings is 1. The van der Waals surface area contributed by atoms with Crippen LogP contribution in [0.5, 0.6) is 0 Å². The van der Waals surface area contributed by atoms with Gasteiger partial charge in [-0.25, -0.2) is 0 Å². The van der Waals surface area contributed by atoms with Crippen LogP contribution in [0, 0.1) is 11.3 Å². The molecule has 1 aliphatic heterocycles. The van der Waals surface area contributed by atoms with E-state index in [2.05, 4.69) is 31.3 Å². The number of thioether (sulfide) groups is 1. The monoisotopic (exact) mass is 232 g/mol. The van der Waals surface area contributed by atoms with E-state index in [0.717, 1.165) is 12.1 Å². The molecule has 0 aliphatic carbocycles. The zero-order chi connectivity index (χ0) is 11.6. The second-order valence-corrected chi connectivity index (χ2v) is 6.33. The predicted octanol–water partition coefficient (Wildman–Crippen LogP) is 2.54. The van der Waals surface area contributed by atoms with Crippen molar-refractivity contribution in [3.8, 4) is 6.07 Å². The third-order valence-electron chi connectivity index (χ3n) is 3.07. The van der Waals surface area contributed by atoms with Crippen LogP contribution in [0.15, 0.2) is 24.3 Å². The SMILES string of the molecule is CC1(C)SC[C@H]1NCc1cccc(C#N)c1. The smallest absolute Gasteiger partial charge is 0.0991 e. The van der Waals surface area contributed by atoms with E-state index in [1.165, 1.54) is 11.3 Å². The van der Waals surface area contributed by atoms with Gasteiger partial charge in [-0.15, -0.1) is 0 Å². The van der Waals surface area contributed by atoms with Crippen molar-refractivity contribution in [2.45, 2.75) is 31.2 Å². The maximum absolute atomic E-state index is 8.81. The van der Waals surface area contributed by atoms with Gasteiger partial charge in [0.15, 0.2) is 0 Å². The van der Waals surface area contributed by atoms with Crippen molar-refractivity contribution >= 4 is 11.8 Å². The first-order valence-corrected chi connectivity index (χ1v) is 6.47. The Hall–Kier alpha value is -0.980. The van der Waals surface area contributed by atoms with Crippen LogP contribution in [0.1, 0.15) is 25.0 Å². The van der Waals surface area contributed by atoms with Gasteiger partial charge >= 0.3 is 0 Å². The highest BCUT2D eigenvalue weighted by molar-refractivity contribution is 8.02. The molecule has 1 fully saturated rings. The standard InChI is InChI=1S/C13H16N2S/c1-13(2)12(9-16-13)15-8-11-5-3-4-10(6-11)7-14/h3-6,12,15H,8-9H2,1-2H3/t12-/m1/s1. The lowest BCUT2D eigenvalue weighted by Gasteiger charge is -2.44. The summed E-state index contributed by atoms with van der Waals surface area (Å²) in [4.78, 5) is 0. The minimum atomic E-state index is 0.354. The highest BCUT2D eigenvalue weighted by Crippen LogP contribution is 2.39. The molecule has 0 amide bonds. The van der Waals surface area contributed by atoms with Crippen LogP contribution in [-0.2, 0) is 6.54 Å².